The van der Waals surface area contributed by atoms with Crippen LogP contribution in [0.4, 0.5) is 0 Å². The molecule has 0 aliphatic heterocycles. The highest BCUT2D eigenvalue weighted by Gasteiger charge is 2.38. The summed E-state index contributed by atoms with van der Waals surface area (Å²) in [5.74, 6) is 0.854. The standard InChI is InChI=1S/C17H33NO/c1-14-8-7-9-15(12-14)19-17(10-5-6-11-17)13-18-16(2,3)4/h14-15,18H,5-13H2,1-4H3. The van der Waals surface area contributed by atoms with E-state index in [-0.39, 0.29) is 11.1 Å². The van der Waals surface area contributed by atoms with Gasteiger partial charge in [-0.1, -0.05) is 32.6 Å². The highest BCUT2D eigenvalue weighted by molar-refractivity contribution is 4.92. The number of hydrogen-bond acceptors (Lipinski definition) is 2. The van der Waals surface area contributed by atoms with E-state index in [2.05, 4.69) is 33.0 Å². The Hall–Kier alpha value is -0.0800. The topological polar surface area (TPSA) is 21.3 Å². The lowest BCUT2D eigenvalue weighted by molar-refractivity contribution is -0.108. The summed E-state index contributed by atoms with van der Waals surface area (Å²) < 4.78 is 6.64. The fraction of sp³-hybridized carbons (Fsp3) is 1.00. The Morgan fingerprint density at radius 2 is 1.79 bits per heavy atom. The van der Waals surface area contributed by atoms with Crippen LogP contribution < -0.4 is 5.32 Å². The van der Waals surface area contributed by atoms with Crippen molar-refractivity contribution in [3.8, 4) is 0 Å². The highest BCUT2D eigenvalue weighted by Crippen LogP contribution is 2.37. The van der Waals surface area contributed by atoms with Crippen molar-refractivity contribution in [3.63, 3.8) is 0 Å². The van der Waals surface area contributed by atoms with E-state index in [4.69, 9.17) is 4.74 Å². The molecule has 2 heteroatoms. The van der Waals surface area contributed by atoms with Crippen LogP contribution in [0.5, 0.6) is 0 Å². The quantitative estimate of drug-likeness (QED) is 0.820. The fourth-order valence-electron chi connectivity index (χ4n) is 3.62. The summed E-state index contributed by atoms with van der Waals surface area (Å²) in [6.07, 6.45) is 11.0. The summed E-state index contributed by atoms with van der Waals surface area (Å²) in [7, 11) is 0. The molecule has 2 fully saturated rings. The van der Waals surface area contributed by atoms with Crippen molar-refractivity contribution in [2.45, 2.75) is 96.3 Å². The molecule has 2 saturated carbocycles. The highest BCUT2D eigenvalue weighted by atomic mass is 16.5. The van der Waals surface area contributed by atoms with Crippen molar-refractivity contribution < 1.29 is 4.74 Å². The maximum atomic E-state index is 6.64. The maximum absolute atomic E-state index is 6.64. The molecule has 1 N–H and O–H groups in total. The second kappa shape index (κ2) is 6.13. The Labute approximate surface area is 119 Å². The molecular formula is C17H33NO. The number of nitrogens with one attached hydrogen (secondary N) is 1. The van der Waals surface area contributed by atoms with Gasteiger partial charge >= 0.3 is 0 Å². The average molecular weight is 267 g/mol. The van der Waals surface area contributed by atoms with E-state index in [0.717, 1.165) is 12.5 Å². The predicted octanol–water partition coefficient (Wildman–Crippen LogP) is 4.28. The fourth-order valence-corrected chi connectivity index (χ4v) is 3.62. The van der Waals surface area contributed by atoms with Gasteiger partial charge in [-0.15, -0.1) is 0 Å². The first kappa shape index (κ1) is 15.3. The van der Waals surface area contributed by atoms with E-state index in [1.54, 1.807) is 0 Å². The van der Waals surface area contributed by atoms with Crippen molar-refractivity contribution in [1.82, 2.24) is 5.32 Å². The number of hydrogen-bond donors (Lipinski definition) is 1. The van der Waals surface area contributed by atoms with Crippen molar-refractivity contribution in [3.05, 3.63) is 0 Å². The molecule has 19 heavy (non-hydrogen) atoms. The van der Waals surface area contributed by atoms with Crippen LogP contribution in [-0.2, 0) is 4.74 Å². The smallest absolute Gasteiger partial charge is 0.0810 e. The molecule has 0 aromatic carbocycles. The third kappa shape index (κ3) is 4.75. The van der Waals surface area contributed by atoms with Crippen LogP contribution >= 0.6 is 0 Å². The van der Waals surface area contributed by atoms with Crippen LogP contribution in [0, 0.1) is 5.92 Å². The van der Waals surface area contributed by atoms with Gasteiger partial charge in [0, 0.05) is 12.1 Å². The van der Waals surface area contributed by atoms with Crippen LogP contribution in [0.15, 0.2) is 0 Å². The Bertz CT molecular complexity index is 275. The van der Waals surface area contributed by atoms with Crippen LogP contribution in [0.25, 0.3) is 0 Å². The summed E-state index contributed by atoms with van der Waals surface area (Å²) >= 11 is 0. The molecule has 2 unspecified atom stereocenters. The molecule has 0 spiro atoms. The third-order valence-electron chi connectivity index (χ3n) is 4.76. The summed E-state index contributed by atoms with van der Waals surface area (Å²) in [5.41, 5.74) is 0.327. The molecule has 2 rings (SSSR count). The lowest BCUT2D eigenvalue weighted by Crippen LogP contribution is -2.49. The first-order chi connectivity index (χ1) is 8.89. The van der Waals surface area contributed by atoms with Gasteiger partial charge < -0.3 is 10.1 Å². The van der Waals surface area contributed by atoms with E-state index >= 15 is 0 Å². The third-order valence-corrected chi connectivity index (χ3v) is 4.76. The van der Waals surface area contributed by atoms with Crippen LogP contribution in [-0.4, -0.2) is 23.8 Å². The maximum Gasteiger partial charge on any atom is 0.0810 e. The normalized spacial score (nSPS) is 31.6. The molecule has 2 nitrogen and oxygen atoms in total. The second-order valence-corrected chi connectivity index (χ2v) is 8.01. The van der Waals surface area contributed by atoms with Crippen molar-refractivity contribution in [2.75, 3.05) is 6.54 Å². The van der Waals surface area contributed by atoms with E-state index in [1.807, 2.05) is 0 Å². The molecule has 0 bridgehead atoms. The first-order valence-electron chi connectivity index (χ1n) is 8.31. The molecule has 0 saturated heterocycles. The largest absolute Gasteiger partial charge is 0.370 e. The minimum Gasteiger partial charge on any atom is -0.370 e. The van der Waals surface area contributed by atoms with Crippen LogP contribution in [0.3, 0.4) is 0 Å². The Morgan fingerprint density at radius 1 is 1.11 bits per heavy atom. The van der Waals surface area contributed by atoms with Crippen molar-refractivity contribution in [2.24, 2.45) is 5.92 Å². The van der Waals surface area contributed by atoms with Gasteiger partial charge in [-0.3, -0.25) is 0 Å². The zero-order chi connectivity index (χ0) is 13.9. The van der Waals surface area contributed by atoms with Gasteiger partial charge in [0.05, 0.1) is 11.7 Å². The van der Waals surface area contributed by atoms with E-state index in [1.165, 1.54) is 51.4 Å². The van der Waals surface area contributed by atoms with Gasteiger partial charge in [0.25, 0.3) is 0 Å². The zero-order valence-electron chi connectivity index (χ0n) is 13.4. The molecule has 0 heterocycles. The van der Waals surface area contributed by atoms with Gasteiger partial charge in [0.2, 0.25) is 0 Å². The van der Waals surface area contributed by atoms with E-state index < -0.39 is 0 Å². The molecule has 0 aromatic heterocycles. The SMILES string of the molecule is CC1CCCC(OC2(CNC(C)(C)C)CCCC2)C1. The summed E-state index contributed by atoms with van der Waals surface area (Å²) in [6, 6.07) is 0. The van der Waals surface area contributed by atoms with Crippen molar-refractivity contribution >= 4 is 0 Å². The Morgan fingerprint density at radius 3 is 2.37 bits per heavy atom. The molecule has 0 radical (unpaired) electrons. The zero-order valence-corrected chi connectivity index (χ0v) is 13.4. The predicted molar refractivity (Wildman–Crippen MR) is 81.5 cm³/mol. The number of ether oxygens (including phenoxy) is 1. The Balaban J connectivity index is 1.91. The van der Waals surface area contributed by atoms with Crippen LogP contribution in [0.2, 0.25) is 0 Å². The van der Waals surface area contributed by atoms with E-state index in [9.17, 15) is 0 Å². The van der Waals surface area contributed by atoms with Gasteiger partial charge in [-0.2, -0.15) is 0 Å². The summed E-state index contributed by atoms with van der Waals surface area (Å²) in [5, 5.41) is 3.68. The first-order valence-corrected chi connectivity index (χ1v) is 8.31. The number of rotatable bonds is 4. The molecule has 2 aliphatic carbocycles. The summed E-state index contributed by atoms with van der Waals surface area (Å²) in [4.78, 5) is 0. The Kier molecular flexibility index (Phi) is 4.94. The van der Waals surface area contributed by atoms with Crippen LogP contribution in [0.1, 0.15) is 79.1 Å². The lowest BCUT2D eigenvalue weighted by Gasteiger charge is -2.39. The lowest BCUT2D eigenvalue weighted by atomic mass is 9.88. The van der Waals surface area contributed by atoms with Gasteiger partial charge in [-0.25, -0.2) is 0 Å². The van der Waals surface area contributed by atoms with Crippen molar-refractivity contribution in [1.29, 1.82) is 0 Å². The van der Waals surface area contributed by atoms with E-state index in [0.29, 0.717) is 6.10 Å². The minimum atomic E-state index is 0.134. The van der Waals surface area contributed by atoms with Gasteiger partial charge in [0.1, 0.15) is 0 Å². The second-order valence-electron chi connectivity index (χ2n) is 8.01. The monoisotopic (exact) mass is 267 g/mol. The molecule has 2 atom stereocenters. The minimum absolute atomic E-state index is 0.134. The molecule has 2 aliphatic rings. The molecule has 112 valence electrons. The van der Waals surface area contributed by atoms with Gasteiger partial charge in [-0.05, 0) is 52.4 Å². The molecule has 0 amide bonds. The summed E-state index contributed by atoms with van der Waals surface area (Å²) in [6.45, 7) is 10.2. The molecule has 0 aromatic rings. The molecular weight excluding hydrogens is 234 g/mol. The van der Waals surface area contributed by atoms with Gasteiger partial charge in [0.15, 0.2) is 0 Å². The average Bonchev–Trinajstić information content (AvgIpc) is 2.75.